The summed E-state index contributed by atoms with van der Waals surface area (Å²) in [5, 5.41) is 18.9. The quantitative estimate of drug-likeness (QED) is 0.825. The van der Waals surface area contributed by atoms with Crippen LogP contribution in [-0.2, 0) is 4.79 Å². The smallest absolute Gasteiger partial charge is 0.391 e. The first-order valence-corrected chi connectivity index (χ1v) is 7.92. The number of piperidine rings is 1. The number of rotatable bonds is 4. The molecule has 0 bridgehead atoms. The summed E-state index contributed by atoms with van der Waals surface area (Å²) < 4.78 is 37.8. The van der Waals surface area contributed by atoms with E-state index in [1.807, 2.05) is 4.90 Å². The van der Waals surface area contributed by atoms with Crippen molar-refractivity contribution in [1.29, 1.82) is 0 Å². The number of aliphatic hydroxyl groups excluding tert-OH is 2. The van der Waals surface area contributed by atoms with Crippen molar-refractivity contribution >= 4 is 5.78 Å². The average Bonchev–Trinajstić information content (AvgIpc) is 2.46. The number of halogens is 3. The Bertz CT molecular complexity index is 381. The molecule has 1 saturated carbocycles. The monoisotopic (exact) mass is 323 g/mol. The Morgan fingerprint density at radius 2 is 1.77 bits per heavy atom. The summed E-state index contributed by atoms with van der Waals surface area (Å²) in [6.45, 7) is 1.10. The molecule has 2 rings (SSSR count). The van der Waals surface area contributed by atoms with Gasteiger partial charge >= 0.3 is 6.18 Å². The third-order valence-corrected chi connectivity index (χ3v) is 5.06. The Morgan fingerprint density at radius 3 is 2.27 bits per heavy atom. The second-order valence-corrected chi connectivity index (χ2v) is 6.59. The molecular weight excluding hydrogens is 299 g/mol. The Kier molecular flexibility index (Phi) is 5.85. The molecule has 1 aliphatic carbocycles. The van der Waals surface area contributed by atoms with Crippen LogP contribution < -0.4 is 0 Å². The number of hydrogen-bond acceptors (Lipinski definition) is 4. The van der Waals surface area contributed by atoms with E-state index in [0.29, 0.717) is 32.4 Å². The molecule has 22 heavy (non-hydrogen) atoms. The molecule has 2 N–H and O–H groups in total. The van der Waals surface area contributed by atoms with Crippen LogP contribution in [0.5, 0.6) is 0 Å². The molecule has 2 unspecified atom stereocenters. The summed E-state index contributed by atoms with van der Waals surface area (Å²) in [7, 11) is 0. The largest absolute Gasteiger partial charge is 0.396 e. The molecule has 2 atom stereocenters. The average molecular weight is 323 g/mol. The molecule has 0 radical (unpaired) electrons. The van der Waals surface area contributed by atoms with Gasteiger partial charge in [0, 0.05) is 25.0 Å². The molecule has 7 heteroatoms. The van der Waals surface area contributed by atoms with Gasteiger partial charge in [-0.1, -0.05) is 0 Å². The molecule has 0 amide bonds. The normalized spacial score (nSPS) is 34.6. The summed E-state index contributed by atoms with van der Waals surface area (Å²) in [4.78, 5) is 14.1. The molecule has 0 spiro atoms. The fourth-order valence-corrected chi connectivity index (χ4v) is 3.49. The molecule has 128 valence electrons. The van der Waals surface area contributed by atoms with Crippen molar-refractivity contribution < 1.29 is 28.2 Å². The maximum Gasteiger partial charge on any atom is 0.391 e. The maximum atomic E-state index is 12.6. The Labute approximate surface area is 128 Å². The Morgan fingerprint density at radius 1 is 1.14 bits per heavy atom. The minimum atomic E-state index is -4.15. The highest BCUT2D eigenvalue weighted by Gasteiger charge is 2.42. The second-order valence-electron chi connectivity index (χ2n) is 6.59. The number of aliphatic hydroxyl groups is 2. The molecule has 0 aromatic rings. The van der Waals surface area contributed by atoms with E-state index in [0.717, 1.165) is 0 Å². The van der Waals surface area contributed by atoms with Gasteiger partial charge in [0.05, 0.1) is 18.6 Å². The Hall–Kier alpha value is -0.660. The van der Waals surface area contributed by atoms with Crippen LogP contribution in [0.15, 0.2) is 0 Å². The van der Waals surface area contributed by atoms with Crippen LogP contribution >= 0.6 is 0 Å². The van der Waals surface area contributed by atoms with Gasteiger partial charge in [-0.3, -0.25) is 9.69 Å². The number of nitrogens with zero attached hydrogens (tertiary/aromatic N) is 1. The molecule has 0 aromatic carbocycles. The van der Waals surface area contributed by atoms with Crippen molar-refractivity contribution in [1.82, 2.24) is 4.90 Å². The summed E-state index contributed by atoms with van der Waals surface area (Å²) >= 11 is 0. The lowest BCUT2D eigenvalue weighted by atomic mass is 9.79. The van der Waals surface area contributed by atoms with Gasteiger partial charge in [-0.25, -0.2) is 0 Å². The molecule has 1 aliphatic heterocycles. The van der Waals surface area contributed by atoms with E-state index in [9.17, 15) is 23.1 Å². The van der Waals surface area contributed by atoms with Gasteiger partial charge in [0.15, 0.2) is 0 Å². The third kappa shape index (κ3) is 4.43. The summed E-state index contributed by atoms with van der Waals surface area (Å²) in [6.07, 6.45) is -3.48. The van der Waals surface area contributed by atoms with Crippen LogP contribution in [0.2, 0.25) is 0 Å². The van der Waals surface area contributed by atoms with Crippen LogP contribution in [0.25, 0.3) is 0 Å². The van der Waals surface area contributed by atoms with E-state index in [1.54, 1.807) is 0 Å². The minimum Gasteiger partial charge on any atom is -0.396 e. The zero-order valence-electron chi connectivity index (χ0n) is 12.6. The van der Waals surface area contributed by atoms with E-state index < -0.39 is 18.2 Å². The van der Waals surface area contributed by atoms with Crippen molar-refractivity contribution in [3.63, 3.8) is 0 Å². The van der Waals surface area contributed by atoms with Crippen molar-refractivity contribution in [2.75, 3.05) is 26.2 Å². The number of carbonyl (C=O) groups excluding carboxylic acids is 1. The summed E-state index contributed by atoms with van der Waals surface area (Å²) in [5.41, 5.74) is 0. The first-order chi connectivity index (χ1) is 10.3. The SMILES string of the molecule is O=C(CN1CCC(CO)C(O)C1)C1CCC(C(F)(F)F)CC1. The zero-order chi connectivity index (χ0) is 16.3. The molecule has 0 aromatic heterocycles. The fraction of sp³-hybridized carbons (Fsp3) is 0.933. The molecule has 1 heterocycles. The van der Waals surface area contributed by atoms with Gasteiger partial charge in [0.1, 0.15) is 5.78 Å². The van der Waals surface area contributed by atoms with Crippen LogP contribution in [0.4, 0.5) is 13.2 Å². The summed E-state index contributed by atoms with van der Waals surface area (Å²) in [6, 6.07) is 0. The predicted molar refractivity (Wildman–Crippen MR) is 74.1 cm³/mol. The van der Waals surface area contributed by atoms with Crippen molar-refractivity contribution in [3.05, 3.63) is 0 Å². The molecule has 1 saturated heterocycles. The lowest BCUT2D eigenvalue weighted by Crippen LogP contribution is -2.47. The van der Waals surface area contributed by atoms with E-state index in [1.165, 1.54) is 0 Å². The fourth-order valence-electron chi connectivity index (χ4n) is 3.49. The van der Waals surface area contributed by atoms with Crippen molar-refractivity contribution in [2.45, 2.75) is 44.4 Å². The highest BCUT2D eigenvalue weighted by Crippen LogP contribution is 2.39. The minimum absolute atomic E-state index is 0.0183. The highest BCUT2D eigenvalue weighted by molar-refractivity contribution is 5.83. The predicted octanol–water partition coefficient (Wildman–Crippen LogP) is 1.60. The first kappa shape index (κ1) is 17.7. The number of likely N-dealkylation sites (tertiary alicyclic amines) is 1. The van der Waals surface area contributed by atoms with Crippen LogP contribution in [0.1, 0.15) is 32.1 Å². The first-order valence-electron chi connectivity index (χ1n) is 7.92. The van der Waals surface area contributed by atoms with E-state index in [2.05, 4.69) is 0 Å². The standard InChI is InChI=1S/C15H24F3NO3/c16-15(17,18)12-3-1-10(2-4-12)13(21)7-19-6-5-11(9-20)14(22)8-19/h10-12,14,20,22H,1-9H2. The van der Waals surface area contributed by atoms with Crippen molar-refractivity contribution in [2.24, 2.45) is 17.8 Å². The molecule has 2 aliphatic rings. The molecular formula is C15H24F3NO3. The topological polar surface area (TPSA) is 60.8 Å². The second kappa shape index (κ2) is 7.27. The van der Waals surface area contributed by atoms with Gasteiger partial charge in [0.2, 0.25) is 0 Å². The lowest BCUT2D eigenvalue weighted by Gasteiger charge is -2.36. The van der Waals surface area contributed by atoms with E-state index in [4.69, 9.17) is 5.11 Å². The number of hydrogen-bond donors (Lipinski definition) is 2. The number of β-amino-alcohol motifs (C(OH)–C–C–N with tert-alkyl or cyclic N) is 1. The molecule has 2 fully saturated rings. The van der Waals surface area contributed by atoms with Gasteiger partial charge < -0.3 is 10.2 Å². The van der Waals surface area contributed by atoms with Crippen LogP contribution in [-0.4, -0.2) is 59.4 Å². The lowest BCUT2D eigenvalue weighted by molar-refractivity contribution is -0.184. The van der Waals surface area contributed by atoms with Crippen LogP contribution in [0, 0.1) is 17.8 Å². The van der Waals surface area contributed by atoms with E-state index >= 15 is 0 Å². The zero-order valence-corrected chi connectivity index (χ0v) is 12.6. The number of alkyl halides is 3. The third-order valence-electron chi connectivity index (χ3n) is 5.06. The summed E-state index contributed by atoms with van der Waals surface area (Å²) in [5.74, 6) is -1.71. The Balaban J connectivity index is 1.77. The van der Waals surface area contributed by atoms with Gasteiger partial charge in [0.25, 0.3) is 0 Å². The number of ketones is 1. The highest BCUT2D eigenvalue weighted by atomic mass is 19.4. The maximum absolute atomic E-state index is 12.6. The number of carbonyl (C=O) groups is 1. The van der Waals surface area contributed by atoms with Crippen LogP contribution in [0.3, 0.4) is 0 Å². The van der Waals surface area contributed by atoms with Gasteiger partial charge in [-0.05, 0) is 38.6 Å². The van der Waals surface area contributed by atoms with Gasteiger partial charge in [-0.15, -0.1) is 0 Å². The van der Waals surface area contributed by atoms with Gasteiger partial charge in [-0.2, -0.15) is 13.2 Å². The van der Waals surface area contributed by atoms with Crippen molar-refractivity contribution in [3.8, 4) is 0 Å². The molecule has 4 nitrogen and oxygen atoms in total. The number of Topliss-reactive ketones (excluding diaryl/α,β-unsaturated/α-hetero) is 1. The van der Waals surface area contributed by atoms with E-state index in [-0.39, 0.29) is 43.6 Å².